The molecular weight excluding hydrogens is 296 g/mol. The molecule has 0 bridgehead atoms. The summed E-state index contributed by atoms with van der Waals surface area (Å²) >= 11 is 0. The van der Waals surface area contributed by atoms with Crippen molar-refractivity contribution in [2.24, 2.45) is 9.98 Å². The van der Waals surface area contributed by atoms with E-state index in [-0.39, 0.29) is 0 Å². The molecule has 4 rings (SSSR count). The molecule has 0 unspecified atom stereocenters. The van der Waals surface area contributed by atoms with E-state index in [1.54, 1.807) is 0 Å². The van der Waals surface area contributed by atoms with Crippen molar-refractivity contribution < 1.29 is 0 Å². The number of hydrogen-bond acceptors (Lipinski definition) is 4. The number of amidine groups is 2. The van der Waals surface area contributed by atoms with Gasteiger partial charge in [-0.1, -0.05) is 60.7 Å². The lowest BCUT2D eigenvalue weighted by Crippen LogP contribution is -2.19. The minimum atomic E-state index is 0.870. The highest BCUT2D eigenvalue weighted by molar-refractivity contribution is 6.00. The molecule has 4 nitrogen and oxygen atoms in total. The van der Waals surface area contributed by atoms with E-state index in [0.717, 1.165) is 49.0 Å². The van der Waals surface area contributed by atoms with E-state index in [9.17, 15) is 0 Å². The topological polar surface area (TPSA) is 48.8 Å². The van der Waals surface area contributed by atoms with Crippen LogP contribution in [0.1, 0.15) is 22.3 Å². The number of benzene rings is 2. The molecule has 0 radical (unpaired) electrons. The van der Waals surface area contributed by atoms with Gasteiger partial charge in [-0.15, -0.1) is 0 Å². The molecule has 0 saturated heterocycles. The van der Waals surface area contributed by atoms with E-state index >= 15 is 0 Å². The van der Waals surface area contributed by atoms with Crippen LogP contribution in [0.5, 0.6) is 0 Å². The molecule has 0 aliphatic carbocycles. The van der Waals surface area contributed by atoms with Crippen molar-refractivity contribution >= 4 is 23.8 Å². The van der Waals surface area contributed by atoms with Gasteiger partial charge in [0.25, 0.3) is 0 Å². The smallest absolute Gasteiger partial charge is 0.128 e. The van der Waals surface area contributed by atoms with Crippen LogP contribution in [0.2, 0.25) is 0 Å². The summed E-state index contributed by atoms with van der Waals surface area (Å²) in [5.41, 5.74) is 4.67. The molecule has 0 atom stereocenters. The molecule has 0 aromatic heterocycles. The average Bonchev–Trinajstić information content (AvgIpc) is 3.34. The Kier molecular flexibility index (Phi) is 4.11. The molecular formula is C20H20N4. The molecule has 24 heavy (non-hydrogen) atoms. The zero-order valence-electron chi connectivity index (χ0n) is 13.5. The van der Waals surface area contributed by atoms with Crippen molar-refractivity contribution in [1.82, 2.24) is 10.6 Å². The standard InChI is InChI=1S/C20H20N4/c1(15-3-7-17(8-4-15)19-21-11-12-22-19)2-16-5-9-18(10-6-16)20-23-13-14-24-20/h1-10H,11-14H2,(H,21,22)(H,23,24)/b2-1-. The molecule has 2 heterocycles. The predicted molar refractivity (Wildman–Crippen MR) is 101 cm³/mol. The molecule has 2 aliphatic heterocycles. The van der Waals surface area contributed by atoms with E-state index in [0.29, 0.717) is 0 Å². The minimum absolute atomic E-state index is 0.870. The number of hydrogen-bond donors (Lipinski definition) is 2. The first-order valence-corrected chi connectivity index (χ1v) is 8.34. The van der Waals surface area contributed by atoms with Crippen molar-refractivity contribution in [3.05, 3.63) is 70.8 Å². The first kappa shape index (κ1) is 14.7. The quantitative estimate of drug-likeness (QED) is 0.852. The van der Waals surface area contributed by atoms with Crippen LogP contribution in [0.3, 0.4) is 0 Å². The van der Waals surface area contributed by atoms with Crippen molar-refractivity contribution in [2.45, 2.75) is 0 Å². The fraction of sp³-hybridized carbons (Fsp3) is 0.200. The van der Waals surface area contributed by atoms with Crippen LogP contribution in [0.15, 0.2) is 58.5 Å². The number of rotatable bonds is 4. The van der Waals surface area contributed by atoms with E-state index in [1.165, 1.54) is 11.1 Å². The molecule has 0 fully saturated rings. The summed E-state index contributed by atoms with van der Waals surface area (Å²) in [6.45, 7) is 3.62. The highest BCUT2D eigenvalue weighted by Gasteiger charge is 2.07. The fourth-order valence-electron chi connectivity index (χ4n) is 2.88. The molecule has 2 aromatic carbocycles. The lowest BCUT2D eigenvalue weighted by molar-refractivity contribution is 0.960. The third-order valence-electron chi connectivity index (χ3n) is 4.18. The number of nitrogens with one attached hydrogen (secondary N) is 2. The van der Waals surface area contributed by atoms with Crippen LogP contribution in [-0.2, 0) is 0 Å². The molecule has 2 aliphatic rings. The maximum Gasteiger partial charge on any atom is 0.128 e. The van der Waals surface area contributed by atoms with Crippen molar-refractivity contribution in [1.29, 1.82) is 0 Å². The van der Waals surface area contributed by atoms with E-state index in [4.69, 9.17) is 0 Å². The Hall–Kier alpha value is -2.88. The number of aliphatic imine (C=N–C) groups is 2. The van der Waals surface area contributed by atoms with E-state index in [1.807, 2.05) is 0 Å². The second kappa shape index (κ2) is 6.71. The third kappa shape index (κ3) is 3.23. The Morgan fingerprint density at radius 1 is 0.625 bits per heavy atom. The Morgan fingerprint density at radius 2 is 1.04 bits per heavy atom. The molecule has 0 amide bonds. The zero-order valence-corrected chi connectivity index (χ0v) is 13.5. The maximum absolute atomic E-state index is 4.44. The SMILES string of the molecule is C(=C/c1ccc(C2=NCCN2)cc1)/c1ccc(C2=NCCN2)cc1. The lowest BCUT2D eigenvalue weighted by Gasteiger charge is -2.03. The van der Waals surface area contributed by atoms with Gasteiger partial charge in [0.05, 0.1) is 13.1 Å². The Bertz CT molecular complexity index is 729. The van der Waals surface area contributed by atoms with Crippen LogP contribution in [0, 0.1) is 0 Å². The fourth-order valence-corrected chi connectivity index (χ4v) is 2.88. The minimum Gasteiger partial charge on any atom is -0.368 e. The first-order chi connectivity index (χ1) is 11.9. The Balaban J connectivity index is 1.44. The molecule has 0 spiro atoms. The van der Waals surface area contributed by atoms with Gasteiger partial charge in [0.1, 0.15) is 11.7 Å². The summed E-state index contributed by atoms with van der Waals surface area (Å²) < 4.78 is 0. The highest BCUT2D eigenvalue weighted by atomic mass is 15.1. The third-order valence-corrected chi connectivity index (χ3v) is 4.18. The summed E-state index contributed by atoms with van der Waals surface area (Å²) in [6, 6.07) is 17.0. The molecule has 120 valence electrons. The molecule has 0 saturated carbocycles. The van der Waals surface area contributed by atoms with Crippen molar-refractivity contribution in [2.75, 3.05) is 26.2 Å². The van der Waals surface area contributed by atoms with Gasteiger partial charge in [0.2, 0.25) is 0 Å². The van der Waals surface area contributed by atoms with Gasteiger partial charge < -0.3 is 10.6 Å². The molecule has 4 heteroatoms. The second-order valence-corrected chi connectivity index (χ2v) is 5.89. The summed E-state index contributed by atoms with van der Waals surface area (Å²) in [7, 11) is 0. The summed E-state index contributed by atoms with van der Waals surface area (Å²) in [6.07, 6.45) is 4.27. The van der Waals surface area contributed by atoms with Crippen molar-refractivity contribution in [3.8, 4) is 0 Å². The number of nitrogens with zero attached hydrogens (tertiary/aromatic N) is 2. The van der Waals surface area contributed by atoms with Crippen LogP contribution < -0.4 is 10.6 Å². The summed E-state index contributed by atoms with van der Waals surface area (Å²) in [5.74, 6) is 2.01. The van der Waals surface area contributed by atoms with Gasteiger partial charge in [0, 0.05) is 24.2 Å². The monoisotopic (exact) mass is 316 g/mol. The van der Waals surface area contributed by atoms with Gasteiger partial charge in [-0.05, 0) is 11.1 Å². The van der Waals surface area contributed by atoms with E-state index in [2.05, 4.69) is 81.3 Å². The van der Waals surface area contributed by atoms with Crippen LogP contribution >= 0.6 is 0 Å². The summed E-state index contributed by atoms with van der Waals surface area (Å²) in [5, 5.41) is 6.59. The van der Waals surface area contributed by atoms with Gasteiger partial charge in [-0.25, -0.2) is 0 Å². The Labute approximate surface area is 142 Å². The van der Waals surface area contributed by atoms with Gasteiger partial charge in [0.15, 0.2) is 0 Å². The van der Waals surface area contributed by atoms with Gasteiger partial charge >= 0.3 is 0 Å². The largest absolute Gasteiger partial charge is 0.368 e. The van der Waals surface area contributed by atoms with Crippen molar-refractivity contribution in [3.63, 3.8) is 0 Å². The van der Waals surface area contributed by atoms with Gasteiger partial charge in [-0.3, -0.25) is 9.98 Å². The second-order valence-electron chi connectivity index (χ2n) is 5.89. The van der Waals surface area contributed by atoms with Crippen LogP contribution in [0.4, 0.5) is 0 Å². The van der Waals surface area contributed by atoms with E-state index < -0.39 is 0 Å². The molecule has 2 N–H and O–H groups in total. The normalized spacial score (nSPS) is 16.7. The predicted octanol–water partition coefficient (Wildman–Crippen LogP) is 2.56. The maximum atomic E-state index is 4.44. The lowest BCUT2D eigenvalue weighted by atomic mass is 10.1. The first-order valence-electron chi connectivity index (χ1n) is 8.34. The van der Waals surface area contributed by atoms with Crippen LogP contribution in [-0.4, -0.2) is 37.9 Å². The molecule has 2 aromatic rings. The van der Waals surface area contributed by atoms with Crippen LogP contribution in [0.25, 0.3) is 12.2 Å². The summed E-state index contributed by atoms with van der Waals surface area (Å²) in [4.78, 5) is 8.89. The highest BCUT2D eigenvalue weighted by Crippen LogP contribution is 2.12. The zero-order chi connectivity index (χ0) is 16.2. The van der Waals surface area contributed by atoms with Gasteiger partial charge in [-0.2, -0.15) is 0 Å². The Morgan fingerprint density at radius 3 is 1.38 bits per heavy atom. The average molecular weight is 316 g/mol.